The third kappa shape index (κ3) is 2.28. The van der Waals surface area contributed by atoms with Crippen molar-refractivity contribution >= 4 is 53.7 Å². The maximum absolute atomic E-state index is 13.5. The van der Waals surface area contributed by atoms with Crippen LogP contribution in [0.2, 0.25) is 0 Å². The molecule has 0 aliphatic rings. The Morgan fingerprint density at radius 1 is 1.17 bits per heavy atom. The van der Waals surface area contributed by atoms with Gasteiger partial charge in [0.15, 0.2) is 4.73 Å². The molecular weight excluding hydrogens is 442 g/mol. The molecule has 0 fully saturated rings. The predicted octanol–water partition coefficient (Wildman–Crippen LogP) is 4.14. The van der Waals surface area contributed by atoms with Crippen LogP contribution in [0, 0.1) is 11.6 Å². The molecule has 0 saturated heterocycles. The van der Waals surface area contributed by atoms with E-state index in [4.69, 9.17) is 0 Å². The third-order valence-electron chi connectivity index (χ3n) is 2.12. The lowest BCUT2D eigenvalue weighted by Crippen LogP contribution is -2.16. The molecule has 0 aliphatic carbocycles. The van der Waals surface area contributed by atoms with Gasteiger partial charge in [-0.15, -0.1) is 0 Å². The number of halogens is 5. The van der Waals surface area contributed by atoms with Gasteiger partial charge in [0.25, 0.3) is 5.91 Å². The van der Waals surface area contributed by atoms with Gasteiger partial charge >= 0.3 is 0 Å². The van der Waals surface area contributed by atoms with Crippen LogP contribution in [-0.2, 0) is 0 Å². The molecule has 0 spiro atoms. The highest BCUT2D eigenvalue weighted by Gasteiger charge is 2.24. The lowest BCUT2D eigenvalue weighted by Gasteiger charge is -2.06. The first-order valence-electron chi connectivity index (χ1n) is 4.51. The number of hydrogen-bond donors (Lipinski definition) is 0. The van der Waals surface area contributed by atoms with E-state index >= 15 is 0 Å². The largest absolute Gasteiger partial charge is 0.270 e. The van der Waals surface area contributed by atoms with Gasteiger partial charge in [-0.3, -0.25) is 4.79 Å². The van der Waals surface area contributed by atoms with Crippen LogP contribution in [-0.4, -0.2) is 15.5 Å². The number of hydrogen-bond acceptors (Lipinski definition) is 2. The number of aromatic nitrogens is 2. The average molecular weight is 445 g/mol. The van der Waals surface area contributed by atoms with Crippen molar-refractivity contribution in [2.45, 2.75) is 0 Å². The summed E-state index contributed by atoms with van der Waals surface area (Å²) in [7, 11) is 0. The fraction of sp³-hybridized carbons (Fsp3) is 0. The van der Waals surface area contributed by atoms with Crippen molar-refractivity contribution in [3.05, 3.63) is 49.3 Å². The summed E-state index contributed by atoms with van der Waals surface area (Å²) in [5.74, 6) is -2.71. The van der Waals surface area contributed by atoms with Crippen LogP contribution in [0.25, 0.3) is 0 Å². The van der Waals surface area contributed by atoms with Gasteiger partial charge in [-0.2, -0.15) is 0 Å². The molecule has 0 radical (unpaired) electrons. The van der Waals surface area contributed by atoms with Gasteiger partial charge in [0, 0.05) is 0 Å². The minimum Gasteiger partial charge on any atom is -0.268 e. The van der Waals surface area contributed by atoms with E-state index in [-0.39, 0.29) is 9.34 Å². The van der Waals surface area contributed by atoms with Crippen molar-refractivity contribution in [1.29, 1.82) is 0 Å². The van der Waals surface area contributed by atoms with Crippen LogP contribution in [0.1, 0.15) is 10.4 Å². The smallest absolute Gasteiger partial charge is 0.268 e. The first-order valence-corrected chi connectivity index (χ1v) is 6.89. The Labute approximate surface area is 126 Å². The molecule has 0 saturated carbocycles. The van der Waals surface area contributed by atoms with Crippen molar-refractivity contribution < 1.29 is 13.6 Å². The maximum Gasteiger partial charge on any atom is 0.270 e. The Morgan fingerprint density at radius 2 is 1.72 bits per heavy atom. The van der Waals surface area contributed by atoms with Gasteiger partial charge in [0.2, 0.25) is 0 Å². The molecule has 0 bridgehead atoms. The van der Waals surface area contributed by atoms with E-state index in [0.29, 0.717) is 4.60 Å². The van der Waals surface area contributed by atoms with Crippen LogP contribution in [0.15, 0.2) is 32.1 Å². The van der Waals surface area contributed by atoms with E-state index in [1.807, 2.05) is 0 Å². The fourth-order valence-electron chi connectivity index (χ4n) is 1.34. The first kappa shape index (κ1) is 13.8. The second-order valence-corrected chi connectivity index (χ2v) is 5.41. The highest BCUT2D eigenvalue weighted by atomic mass is 79.9. The molecule has 1 aromatic heterocycles. The van der Waals surface area contributed by atoms with Crippen molar-refractivity contribution in [3.8, 4) is 0 Å². The third-order valence-corrected chi connectivity index (χ3v) is 4.47. The van der Waals surface area contributed by atoms with Crippen LogP contribution >= 0.6 is 47.8 Å². The van der Waals surface area contributed by atoms with Crippen molar-refractivity contribution in [1.82, 2.24) is 9.55 Å². The quantitative estimate of drug-likeness (QED) is 0.662. The zero-order valence-corrected chi connectivity index (χ0v) is 13.2. The van der Waals surface area contributed by atoms with E-state index in [2.05, 4.69) is 52.8 Å². The fourth-order valence-corrected chi connectivity index (χ4v) is 3.09. The van der Waals surface area contributed by atoms with Gasteiger partial charge in [-0.05, 0) is 59.9 Å². The Kier molecular flexibility index (Phi) is 3.98. The summed E-state index contributed by atoms with van der Waals surface area (Å²) in [6.07, 6.45) is 0. The zero-order chi connectivity index (χ0) is 13.4. The molecule has 0 N–H and O–H groups in total. The highest BCUT2D eigenvalue weighted by Crippen LogP contribution is 2.28. The van der Waals surface area contributed by atoms with Crippen molar-refractivity contribution in [2.24, 2.45) is 0 Å². The molecule has 0 amide bonds. The van der Waals surface area contributed by atoms with E-state index in [9.17, 15) is 13.6 Å². The Bertz CT molecular complexity index is 622. The topological polar surface area (TPSA) is 34.9 Å². The SMILES string of the molecule is O=C(c1c(F)cccc1F)n1c(Br)nc(Br)c1Br. The molecule has 3 nitrogen and oxygen atoms in total. The lowest BCUT2D eigenvalue weighted by atomic mass is 10.2. The van der Waals surface area contributed by atoms with Crippen molar-refractivity contribution in [3.63, 3.8) is 0 Å². The molecule has 1 aromatic carbocycles. The zero-order valence-electron chi connectivity index (χ0n) is 8.42. The summed E-state index contributed by atoms with van der Waals surface area (Å²) >= 11 is 9.24. The van der Waals surface area contributed by atoms with Gasteiger partial charge in [0.05, 0.1) is 0 Å². The molecule has 2 rings (SSSR count). The summed E-state index contributed by atoms with van der Waals surface area (Å²) in [5, 5.41) is 0. The van der Waals surface area contributed by atoms with E-state index < -0.39 is 23.1 Å². The molecule has 0 aliphatic heterocycles. The molecule has 8 heteroatoms. The van der Waals surface area contributed by atoms with E-state index in [1.54, 1.807) is 0 Å². The normalized spacial score (nSPS) is 10.7. The number of imidazole rings is 1. The summed E-state index contributed by atoms with van der Waals surface area (Å²) < 4.78 is 28.8. The minimum atomic E-state index is -0.927. The van der Waals surface area contributed by atoms with Crippen LogP contribution in [0.3, 0.4) is 0 Å². The number of rotatable bonds is 1. The van der Waals surface area contributed by atoms with Gasteiger partial charge in [-0.25, -0.2) is 18.3 Å². The van der Waals surface area contributed by atoms with Gasteiger partial charge in [0.1, 0.15) is 26.4 Å². The summed E-state index contributed by atoms with van der Waals surface area (Å²) in [6.45, 7) is 0. The highest BCUT2D eigenvalue weighted by molar-refractivity contribution is 9.13. The summed E-state index contributed by atoms with van der Waals surface area (Å²) in [4.78, 5) is 16.0. The van der Waals surface area contributed by atoms with Crippen LogP contribution in [0.5, 0.6) is 0 Å². The second kappa shape index (κ2) is 5.18. The standard InChI is InChI=1S/C10H3Br3F2N2O/c11-7-8(12)17(10(13)16-7)9(18)6-4(14)2-1-3-5(6)15/h1-3H. The van der Waals surface area contributed by atoms with E-state index in [0.717, 1.165) is 16.7 Å². The van der Waals surface area contributed by atoms with Gasteiger partial charge < -0.3 is 0 Å². The number of carbonyl (C=O) groups is 1. The first-order chi connectivity index (χ1) is 8.43. The molecular formula is C10H3Br3F2N2O. The summed E-state index contributed by atoms with van der Waals surface area (Å²) in [6, 6.07) is 3.23. The minimum absolute atomic E-state index is 0.133. The number of carbonyl (C=O) groups excluding carboxylic acids is 1. The Hall–Kier alpha value is -0.600. The molecule has 2 aromatic rings. The predicted molar refractivity (Wildman–Crippen MR) is 71.4 cm³/mol. The maximum atomic E-state index is 13.5. The monoisotopic (exact) mass is 442 g/mol. The molecule has 18 heavy (non-hydrogen) atoms. The second-order valence-electron chi connectivity index (χ2n) is 3.20. The molecule has 94 valence electrons. The van der Waals surface area contributed by atoms with Gasteiger partial charge in [-0.1, -0.05) is 6.07 Å². The van der Waals surface area contributed by atoms with Crippen LogP contribution in [0.4, 0.5) is 8.78 Å². The number of benzene rings is 1. The lowest BCUT2D eigenvalue weighted by molar-refractivity contribution is 0.0946. The van der Waals surface area contributed by atoms with Crippen LogP contribution < -0.4 is 0 Å². The molecule has 0 unspecified atom stereocenters. The Morgan fingerprint density at radius 3 is 2.17 bits per heavy atom. The Balaban J connectivity index is 2.62. The average Bonchev–Trinajstić information content (AvgIpc) is 2.52. The summed E-state index contributed by atoms with van der Waals surface area (Å²) in [5.41, 5.74) is -0.635. The molecule has 1 heterocycles. The molecule has 0 atom stereocenters. The number of nitrogens with zero attached hydrogens (tertiary/aromatic N) is 2. The van der Waals surface area contributed by atoms with E-state index in [1.165, 1.54) is 6.07 Å². The van der Waals surface area contributed by atoms with Crippen molar-refractivity contribution in [2.75, 3.05) is 0 Å².